The highest BCUT2D eigenvalue weighted by Crippen LogP contribution is 2.22. The lowest BCUT2D eigenvalue weighted by atomic mass is 9.87. The van der Waals surface area contributed by atoms with Gasteiger partial charge in [-0.3, -0.25) is 0 Å². The Balaban J connectivity index is 3.26. The molecule has 3 heteroatoms. The normalized spacial score (nSPS) is 14.7. The van der Waals surface area contributed by atoms with Gasteiger partial charge in [0.15, 0.2) is 0 Å². The zero-order valence-electron chi connectivity index (χ0n) is 12.6. The molecule has 0 saturated heterocycles. The van der Waals surface area contributed by atoms with E-state index in [2.05, 4.69) is 19.2 Å². The summed E-state index contributed by atoms with van der Waals surface area (Å²) in [5.41, 5.74) is 11.0. The topological polar surface area (TPSA) is 64.1 Å². The van der Waals surface area contributed by atoms with Crippen molar-refractivity contribution in [2.24, 2.45) is 23.3 Å². The monoisotopic (exact) mass is 257 g/mol. The molecule has 0 aliphatic carbocycles. The Labute approximate surface area is 114 Å². The van der Waals surface area contributed by atoms with Crippen molar-refractivity contribution in [1.82, 2.24) is 5.32 Å². The Kier molecular flexibility index (Phi) is 13.2. The van der Waals surface area contributed by atoms with Crippen LogP contribution >= 0.6 is 0 Å². The molecule has 18 heavy (non-hydrogen) atoms. The first-order chi connectivity index (χ1) is 8.72. The molecule has 0 aromatic rings. The highest BCUT2D eigenvalue weighted by Gasteiger charge is 2.10. The fourth-order valence-electron chi connectivity index (χ4n) is 2.25. The smallest absolute Gasteiger partial charge is 0.00369 e. The fourth-order valence-corrected chi connectivity index (χ4v) is 2.25. The van der Waals surface area contributed by atoms with E-state index in [0.717, 1.165) is 44.4 Å². The molecule has 0 aliphatic rings. The molecule has 0 saturated carbocycles. The first-order valence-electron chi connectivity index (χ1n) is 7.83. The highest BCUT2D eigenvalue weighted by atomic mass is 14.8. The predicted molar refractivity (Wildman–Crippen MR) is 81.6 cm³/mol. The summed E-state index contributed by atoms with van der Waals surface area (Å²) < 4.78 is 0. The Morgan fingerprint density at radius 1 is 0.722 bits per heavy atom. The van der Waals surface area contributed by atoms with Gasteiger partial charge < -0.3 is 16.8 Å². The molecule has 0 aliphatic heterocycles. The van der Waals surface area contributed by atoms with E-state index in [1.807, 2.05) is 0 Å². The zero-order chi connectivity index (χ0) is 13.6. The lowest BCUT2D eigenvalue weighted by Crippen LogP contribution is -2.19. The summed E-state index contributed by atoms with van der Waals surface area (Å²) in [5, 5.41) is 3.43. The second-order valence-electron chi connectivity index (χ2n) is 5.63. The SMILES string of the molecule is CC(CCCCCNCCCN)[C@H](C)CCCN. The number of nitrogens with two attached hydrogens (primary N) is 2. The van der Waals surface area contributed by atoms with Gasteiger partial charge >= 0.3 is 0 Å². The Morgan fingerprint density at radius 3 is 1.89 bits per heavy atom. The predicted octanol–water partition coefficient (Wildman–Crippen LogP) is 2.50. The third-order valence-electron chi connectivity index (χ3n) is 3.91. The Bertz CT molecular complexity index is 162. The molecule has 2 atom stereocenters. The van der Waals surface area contributed by atoms with Crippen LogP contribution in [0.1, 0.15) is 58.8 Å². The van der Waals surface area contributed by atoms with E-state index in [1.54, 1.807) is 0 Å². The van der Waals surface area contributed by atoms with Crippen molar-refractivity contribution in [1.29, 1.82) is 0 Å². The van der Waals surface area contributed by atoms with E-state index in [0.29, 0.717) is 0 Å². The number of unbranched alkanes of at least 4 members (excludes halogenated alkanes) is 2. The van der Waals surface area contributed by atoms with Gasteiger partial charge in [-0.15, -0.1) is 0 Å². The number of hydrogen-bond donors (Lipinski definition) is 3. The summed E-state index contributed by atoms with van der Waals surface area (Å²) in [7, 11) is 0. The standard InChI is InChI=1S/C15H35N3/c1-14(15(2)9-6-10-16)8-4-3-5-12-18-13-7-11-17/h14-15,18H,3-13,16-17H2,1-2H3/t14?,15-/m1/s1. The Hall–Kier alpha value is -0.120. The van der Waals surface area contributed by atoms with Crippen LogP contribution < -0.4 is 16.8 Å². The van der Waals surface area contributed by atoms with Gasteiger partial charge in [0.1, 0.15) is 0 Å². The van der Waals surface area contributed by atoms with Gasteiger partial charge in [-0.1, -0.05) is 33.1 Å². The molecule has 110 valence electrons. The van der Waals surface area contributed by atoms with Crippen LogP contribution in [0.2, 0.25) is 0 Å². The van der Waals surface area contributed by atoms with E-state index in [1.165, 1.54) is 38.5 Å². The van der Waals surface area contributed by atoms with Crippen LogP contribution in [0.3, 0.4) is 0 Å². The maximum atomic E-state index is 5.55. The molecule has 0 aromatic carbocycles. The molecule has 1 unspecified atom stereocenters. The third kappa shape index (κ3) is 11.0. The van der Waals surface area contributed by atoms with E-state index < -0.39 is 0 Å². The lowest BCUT2D eigenvalue weighted by molar-refractivity contribution is 0.328. The average Bonchev–Trinajstić information content (AvgIpc) is 2.38. The van der Waals surface area contributed by atoms with Crippen molar-refractivity contribution in [3.05, 3.63) is 0 Å². The van der Waals surface area contributed by atoms with Crippen LogP contribution in [0.4, 0.5) is 0 Å². The van der Waals surface area contributed by atoms with Crippen LogP contribution in [0.25, 0.3) is 0 Å². The van der Waals surface area contributed by atoms with Gasteiger partial charge in [0.05, 0.1) is 0 Å². The summed E-state index contributed by atoms with van der Waals surface area (Å²) >= 11 is 0. The van der Waals surface area contributed by atoms with Gasteiger partial charge in [0.25, 0.3) is 0 Å². The van der Waals surface area contributed by atoms with Crippen molar-refractivity contribution in [3.8, 4) is 0 Å². The van der Waals surface area contributed by atoms with E-state index in [-0.39, 0.29) is 0 Å². The van der Waals surface area contributed by atoms with E-state index >= 15 is 0 Å². The maximum absolute atomic E-state index is 5.55. The van der Waals surface area contributed by atoms with Gasteiger partial charge in [0.2, 0.25) is 0 Å². The molecule has 0 rings (SSSR count). The summed E-state index contributed by atoms with van der Waals surface area (Å²) in [6.07, 6.45) is 8.95. The van der Waals surface area contributed by atoms with Crippen molar-refractivity contribution in [3.63, 3.8) is 0 Å². The van der Waals surface area contributed by atoms with Crippen LogP contribution in [-0.4, -0.2) is 26.2 Å². The van der Waals surface area contributed by atoms with Gasteiger partial charge in [-0.2, -0.15) is 0 Å². The molecule has 0 spiro atoms. The molecule has 0 radical (unpaired) electrons. The quantitative estimate of drug-likeness (QED) is 0.444. The second-order valence-corrected chi connectivity index (χ2v) is 5.63. The van der Waals surface area contributed by atoms with Crippen LogP contribution in [0.15, 0.2) is 0 Å². The van der Waals surface area contributed by atoms with Crippen molar-refractivity contribution in [2.75, 3.05) is 26.2 Å². The Morgan fingerprint density at radius 2 is 1.28 bits per heavy atom. The molecule has 3 nitrogen and oxygen atoms in total. The van der Waals surface area contributed by atoms with Crippen molar-refractivity contribution < 1.29 is 0 Å². The van der Waals surface area contributed by atoms with Crippen LogP contribution in [-0.2, 0) is 0 Å². The number of nitrogens with one attached hydrogen (secondary N) is 1. The minimum Gasteiger partial charge on any atom is -0.330 e. The van der Waals surface area contributed by atoms with Crippen LogP contribution in [0, 0.1) is 11.8 Å². The molecular formula is C15H35N3. The second kappa shape index (κ2) is 13.3. The summed E-state index contributed by atoms with van der Waals surface area (Å²) in [4.78, 5) is 0. The average molecular weight is 257 g/mol. The van der Waals surface area contributed by atoms with Gasteiger partial charge in [-0.25, -0.2) is 0 Å². The molecule has 0 aromatic heterocycles. The first kappa shape index (κ1) is 17.9. The fraction of sp³-hybridized carbons (Fsp3) is 1.00. The molecule has 0 heterocycles. The maximum Gasteiger partial charge on any atom is -0.00369 e. The van der Waals surface area contributed by atoms with Crippen molar-refractivity contribution in [2.45, 2.75) is 58.8 Å². The lowest BCUT2D eigenvalue weighted by Gasteiger charge is -2.19. The number of hydrogen-bond acceptors (Lipinski definition) is 3. The third-order valence-corrected chi connectivity index (χ3v) is 3.91. The highest BCUT2D eigenvalue weighted by molar-refractivity contribution is 4.63. The van der Waals surface area contributed by atoms with E-state index in [4.69, 9.17) is 11.5 Å². The molecule has 0 bridgehead atoms. The number of rotatable bonds is 13. The largest absolute Gasteiger partial charge is 0.330 e. The summed E-state index contributed by atoms with van der Waals surface area (Å²) in [6, 6.07) is 0. The summed E-state index contributed by atoms with van der Waals surface area (Å²) in [5.74, 6) is 1.68. The van der Waals surface area contributed by atoms with Gasteiger partial charge in [0, 0.05) is 0 Å². The molecule has 0 amide bonds. The van der Waals surface area contributed by atoms with E-state index in [9.17, 15) is 0 Å². The zero-order valence-corrected chi connectivity index (χ0v) is 12.6. The molecule has 0 fully saturated rings. The first-order valence-corrected chi connectivity index (χ1v) is 7.83. The van der Waals surface area contributed by atoms with Crippen molar-refractivity contribution >= 4 is 0 Å². The van der Waals surface area contributed by atoms with Crippen LogP contribution in [0.5, 0.6) is 0 Å². The minimum atomic E-state index is 0.797. The summed E-state index contributed by atoms with van der Waals surface area (Å²) in [6.45, 7) is 8.62. The van der Waals surface area contributed by atoms with Gasteiger partial charge in [-0.05, 0) is 63.7 Å². The minimum absolute atomic E-state index is 0.797. The molecular weight excluding hydrogens is 222 g/mol. The molecule has 5 N–H and O–H groups in total.